The highest BCUT2D eigenvalue weighted by Gasteiger charge is 2.00. The molecule has 9 heavy (non-hydrogen) atoms. The zero-order valence-electron chi connectivity index (χ0n) is 4.52. The highest BCUT2D eigenvalue weighted by molar-refractivity contribution is 9.10. The Morgan fingerprint density at radius 2 is 2.44 bits per heavy atom. The van der Waals surface area contributed by atoms with E-state index in [0.717, 1.165) is 15.6 Å². The van der Waals surface area contributed by atoms with Gasteiger partial charge in [-0.3, -0.25) is 0 Å². The summed E-state index contributed by atoms with van der Waals surface area (Å²) in [6, 6.07) is 1.89. The van der Waals surface area contributed by atoms with Gasteiger partial charge >= 0.3 is 0 Å². The molecule has 0 spiro atoms. The maximum absolute atomic E-state index is 5.11. The Bertz CT molecular complexity index is 322. The molecule has 2 rings (SSSR count). The number of H-pyrrole nitrogens is 1. The molecule has 0 radical (unpaired) electrons. The summed E-state index contributed by atoms with van der Waals surface area (Å²) in [6.07, 6.45) is 3.51. The lowest BCUT2D eigenvalue weighted by molar-refractivity contribution is 0.614. The maximum Gasteiger partial charge on any atom is 0.152 e. The number of fused-ring (bicyclic) bond motifs is 1. The van der Waals surface area contributed by atoms with Gasteiger partial charge in [-0.25, -0.2) is 0 Å². The third kappa shape index (κ3) is 0.612. The molecule has 0 saturated heterocycles. The fraction of sp³-hybridized carbons (Fsp3) is 0. The quantitative estimate of drug-likeness (QED) is 0.672. The van der Waals surface area contributed by atoms with Crippen LogP contribution in [-0.4, -0.2) is 4.98 Å². The van der Waals surface area contributed by atoms with E-state index >= 15 is 0 Å². The number of furan rings is 1. The third-order valence-corrected chi connectivity index (χ3v) is 1.82. The summed E-state index contributed by atoms with van der Waals surface area (Å²) in [4.78, 5) is 3.03. The van der Waals surface area contributed by atoms with E-state index in [-0.39, 0.29) is 0 Å². The second-order valence-electron chi connectivity index (χ2n) is 1.80. The standard InChI is InChI=1S/C6H4BrNO/c7-4-3-9-5-1-2-8-6(4)5/h1-3,8H. The van der Waals surface area contributed by atoms with Crippen LogP contribution in [0, 0.1) is 0 Å². The number of hydrogen-bond acceptors (Lipinski definition) is 1. The van der Waals surface area contributed by atoms with E-state index in [1.807, 2.05) is 12.3 Å². The Kier molecular flexibility index (Phi) is 0.931. The van der Waals surface area contributed by atoms with E-state index in [9.17, 15) is 0 Å². The minimum Gasteiger partial charge on any atom is -0.461 e. The van der Waals surface area contributed by atoms with Crippen LogP contribution >= 0.6 is 15.9 Å². The summed E-state index contributed by atoms with van der Waals surface area (Å²) in [6.45, 7) is 0. The highest BCUT2D eigenvalue weighted by atomic mass is 79.9. The third-order valence-electron chi connectivity index (χ3n) is 1.24. The van der Waals surface area contributed by atoms with Crippen LogP contribution in [0.5, 0.6) is 0 Å². The van der Waals surface area contributed by atoms with Gasteiger partial charge in [0.1, 0.15) is 6.26 Å². The second-order valence-corrected chi connectivity index (χ2v) is 2.65. The largest absolute Gasteiger partial charge is 0.461 e. The van der Waals surface area contributed by atoms with Crippen molar-refractivity contribution in [3.05, 3.63) is 23.0 Å². The molecule has 3 heteroatoms. The fourth-order valence-electron chi connectivity index (χ4n) is 0.814. The van der Waals surface area contributed by atoms with Crippen LogP contribution < -0.4 is 0 Å². The maximum atomic E-state index is 5.11. The monoisotopic (exact) mass is 185 g/mol. The molecule has 46 valence electrons. The first-order valence-electron chi connectivity index (χ1n) is 2.58. The predicted octanol–water partition coefficient (Wildman–Crippen LogP) is 2.52. The zero-order valence-corrected chi connectivity index (χ0v) is 6.10. The Morgan fingerprint density at radius 3 is 3.22 bits per heavy atom. The topological polar surface area (TPSA) is 28.9 Å². The van der Waals surface area contributed by atoms with Crippen molar-refractivity contribution in [1.82, 2.24) is 4.98 Å². The van der Waals surface area contributed by atoms with Gasteiger partial charge in [-0.1, -0.05) is 0 Å². The zero-order chi connectivity index (χ0) is 6.27. The van der Waals surface area contributed by atoms with Gasteiger partial charge < -0.3 is 9.40 Å². The normalized spacial score (nSPS) is 10.8. The van der Waals surface area contributed by atoms with Crippen LogP contribution in [0.4, 0.5) is 0 Å². The fourth-order valence-corrected chi connectivity index (χ4v) is 1.22. The minimum absolute atomic E-state index is 0.891. The Hall–Kier alpha value is -0.700. The first-order chi connectivity index (χ1) is 4.38. The molecule has 0 saturated carbocycles. The van der Waals surface area contributed by atoms with E-state index in [0.29, 0.717) is 0 Å². The molecule has 2 nitrogen and oxygen atoms in total. The van der Waals surface area contributed by atoms with E-state index in [4.69, 9.17) is 4.42 Å². The molecule has 0 amide bonds. The molecule has 0 unspecified atom stereocenters. The summed E-state index contributed by atoms with van der Waals surface area (Å²) < 4.78 is 6.09. The van der Waals surface area contributed by atoms with Gasteiger partial charge in [0.05, 0.1) is 9.99 Å². The van der Waals surface area contributed by atoms with Crippen molar-refractivity contribution >= 4 is 27.0 Å². The lowest BCUT2D eigenvalue weighted by Crippen LogP contribution is -1.56. The molecule has 2 aromatic heterocycles. The van der Waals surface area contributed by atoms with Gasteiger partial charge in [0.2, 0.25) is 0 Å². The van der Waals surface area contributed by atoms with Crippen LogP contribution in [0.3, 0.4) is 0 Å². The molecule has 1 N–H and O–H groups in total. The van der Waals surface area contributed by atoms with E-state index in [1.54, 1.807) is 6.26 Å². The minimum atomic E-state index is 0.891. The van der Waals surface area contributed by atoms with Crippen LogP contribution in [0.2, 0.25) is 0 Å². The lowest BCUT2D eigenvalue weighted by atomic mass is 10.5. The van der Waals surface area contributed by atoms with Crippen LogP contribution in [0.1, 0.15) is 0 Å². The number of nitrogens with one attached hydrogen (secondary N) is 1. The van der Waals surface area contributed by atoms with Crippen molar-refractivity contribution in [2.45, 2.75) is 0 Å². The van der Waals surface area contributed by atoms with Crippen molar-refractivity contribution in [2.75, 3.05) is 0 Å². The molecule has 0 aliphatic rings. The Balaban J connectivity index is 2.99. The van der Waals surface area contributed by atoms with E-state index < -0.39 is 0 Å². The van der Waals surface area contributed by atoms with E-state index in [1.165, 1.54) is 0 Å². The van der Waals surface area contributed by atoms with Gasteiger partial charge in [0.15, 0.2) is 5.58 Å². The highest BCUT2D eigenvalue weighted by Crippen LogP contribution is 2.23. The first-order valence-corrected chi connectivity index (χ1v) is 3.37. The molecule has 2 aromatic rings. The second kappa shape index (κ2) is 1.64. The Morgan fingerprint density at radius 1 is 1.56 bits per heavy atom. The number of halogens is 1. The summed E-state index contributed by atoms with van der Waals surface area (Å²) >= 11 is 3.32. The number of hydrogen-bond donors (Lipinski definition) is 1. The van der Waals surface area contributed by atoms with Crippen molar-refractivity contribution in [2.24, 2.45) is 0 Å². The summed E-state index contributed by atoms with van der Waals surface area (Å²) in [5.41, 5.74) is 1.91. The molecular formula is C6H4BrNO. The molecule has 0 atom stereocenters. The average molecular weight is 186 g/mol. The smallest absolute Gasteiger partial charge is 0.152 e. The van der Waals surface area contributed by atoms with Gasteiger partial charge in [-0.05, 0) is 22.0 Å². The molecule has 0 aliphatic heterocycles. The SMILES string of the molecule is Brc1coc2cc[nH]c12. The van der Waals surface area contributed by atoms with Gasteiger partial charge in [-0.2, -0.15) is 0 Å². The number of rotatable bonds is 0. The van der Waals surface area contributed by atoms with Crippen molar-refractivity contribution in [3.63, 3.8) is 0 Å². The van der Waals surface area contributed by atoms with Crippen LogP contribution in [0.15, 0.2) is 27.4 Å². The molecular weight excluding hydrogens is 182 g/mol. The Labute approximate surface area is 60.0 Å². The summed E-state index contributed by atoms with van der Waals surface area (Å²) in [5.74, 6) is 0. The molecule has 0 aliphatic carbocycles. The summed E-state index contributed by atoms with van der Waals surface area (Å²) in [5, 5.41) is 0. The van der Waals surface area contributed by atoms with Gasteiger partial charge in [-0.15, -0.1) is 0 Å². The van der Waals surface area contributed by atoms with Crippen molar-refractivity contribution < 1.29 is 4.42 Å². The molecule has 2 heterocycles. The van der Waals surface area contributed by atoms with Crippen molar-refractivity contribution in [1.29, 1.82) is 0 Å². The van der Waals surface area contributed by atoms with Gasteiger partial charge in [0, 0.05) is 6.20 Å². The predicted molar refractivity (Wildman–Crippen MR) is 38.3 cm³/mol. The average Bonchev–Trinajstić information content (AvgIpc) is 2.35. The number of aromatic amines is 1. The van der Waals surface area contributed by atoms with Crippen molar-refractivity contribution in [3.8, 4) is 0 Å². The summed E-state index contributed by atoms with van der Waals surface area (Å²) in [7, 11) is 0. The first kappa shape index (κ1) is 5.11. The van der Waals surface area contributed by atoms with Gasteiger partial charge in [0.25, 0.3) is 0 Å². The molecule has 0 bridgehead atoms. The molecule has 0 fully saturated rings. The van der Waals surface area contributed by atoms with Crippen LogP contribution in [-0.2, 0) is 0 Å². The van der Waals surface area contributed by atoms with Crippen LogP contribution in [0.25, 0.3) is 11.1 Å². The molecule has 0 aromatic carbocycles. The van der Waals surface area contributed by atoms with E-state index in [2.05, 4.69) is 20.9 Å². The number of aromatic nitrogens is 1. The lowest BCUT2D eigenvalue weighted by Gasteiger charge is -1.72.